The molecule has 0 atom stereocenters. The first-order chi connectivity index (χ1) is 10.0. The Morgan fingerprint density at radius 3 is 0.250 bits per heavy atom. The summed E-state index contributed by atoms with van der Waals surface area (Å²) in [6.45, 7) is 0. The first-order valence-electron chi connectivity index (χ1n) is 6.67. The summed E-state index contributed by atoms with van der Waals surface area (Å²) >= 11 is 0. The van der Waals surface area contributed by atoms with Crippen molar-refractivity contribution in [2.75, 3.05) is 0 Å². The van der Waals surface area contributed by atoms with Crippen molar-refractivity contribution in [3.05, 3.63) is 143 Å². The van der Waals surface area contributed by atoms with Gasteiger partial charge in [0, 0.05) is 74.6 Å². The van der Waals surface area contributed by atoms with Gasteiger partial charge >= 0.3 is 0 Å². The second-order valence-electron chi connectivity index (χ2n) is 3.85. The third kappa shape index (κ3) is 26.7. The molecule has 4 fully saturated rings. The summed E-state index contributed by atoms with van der Waals surface area (Å²) in [7, 11) is 0. The van der Waals surface area contributed by atoms with Gasteiger partial charge in [0.05, 0.1) is 0 Å². The number of hydrogen-bond donors (Lipinski definition) is 0. The molecule has 0 heterocycles. The second kappa shape index (κ2) is 30.2. The molecule has 0 amide bonds. The Balaban J connectivity index is -0.000000105. The van der Waals surface area contributed by atoms with E-state index in [0.29, 0.717) is 0 Å². The zero-order valence-corrected chi connectivity index (χ0v) is 17.8. The molecule has 4 aliphatic rings. The van der Waals surface area contributed by atoms with E-state index in [2.05, 4.69) is 0 Å². The van der Waals surface area contributed by atoms with Crippen molar-refractivity contribution in [2.45, 2.75) is 0 Å². The van der Waals surface area contributed by atoms with Crippen molar-refractivity contribution in [2.24, 2.45) is 0 Å². The summed E-state index contributed by atoms with van der Waals surface area (Å²) in [4.78, 5) is 0. The molecule has 0 N–H and O–H groups in total. The van der Waals surface area contributed by atoms with Crippen LogP contribution < -0.4 is 0 Å². The van der Waals surface area contributed by atoms with E-state index in [-0.39, 0.29) is 89.5 Å². The van der Waals surface area contributed by atoms with E-state index in [0.717, 1.165) is 0 Å². The quantitative estimate of drug-likeness (QED) is 0.334. The average molecular weight is 625 g/mol. The van der Waals surface area contributed by atoms with Gasteiger partial charge in [-0.1, -0.05) is 0 Å². The molecule has 0 aromatic rings. The maximum atomic E-state index is 2.00. The van der Waals surface area contributed by atoms with Gasteiger partial charge in [0.15, 0.2) is 0 Å². The Morgan fingerprint density at radius 1 is 0.167 bits per heavy atom. The van der Waals surface area contributed by atoms with Crippen molar-refractivity contribution in [1.82, 2.24) is 0 Å². The molecule has 20 radical (unpaired) electrons. The van der Waals surface area contributed by atoms with Gasteiger partial charge in [-0.15, -0.1) is 0 Å². The molecule has 2 heteroatoms. The Hall–Kier alpha value is 2.49. The molecule has 0 bridgehead atoms. The summed E-state index contributed by atoms with van der Waals surface area (Å²) in [5, 5.41) is 0. The molecule has 4 rings (SSSR count). The topological polar surface area (TPSA) is 0 Å². The molecule has 0 aromatic carbocycles. The zero-order valence-electron chi connectivity index (χ0n) is 14.1. The third-order valence-corrected chi connectivity index (χ3v) is 2.22. The van der Waals surface area contributed by atoms with Gasteiger partial charge in [0.1, 0.15) is 0 Å². The maximum absolute atomic E-state index is 2.00. The van der Waals surface area contributed by atoms with Crippen LogP contribution in [0.2, 0.25) is 0 Å². The molecule has 0 aliphatic heterocycles. The predicted molar refractivity (Wildman–Crippen MR) is 98.8 cm³/mol. The van der Waals surface area contributed by atoms with Crippen LogP contribution in [0.1, 0.15) is 0 Å². The van der Waals surface area contributed by atoms with Crippen LogP contribution in [0.25, 0.3) is 0 Å². The van der Waals surface area contributed by atoms with Crippen molar-refractivity contribution in [3.63, 3.8) is 0 Å². The van der Waals surface area contributed by atoms with Gasteiger partial charge in [0.25, 0.3) is 0 Å². The Bertz CT molecular complexity index is 96.4. The van der Waals surface area contributed by atoms with Crippen LogP contribution in [-0.4, -0.2) is 0 Å². The second-order valence-corrected chi connectivity index (χ2v) is 3.85. The molecule has 0 aromatic heterocycles. The Kier molecular flexibility index (Phi) is 42.9. The van der Waals surface area contributed by atoms with Crippen molar-refractivity contribution >= 4 is 0 Å². The van der Waals surface area contributed by atoms with Crippen LogP contribution in [-0.2, 0) is 0 Å². The van der Waals surface area contributed by atoms with Crippen LogP contribution in [0, 0.1) is 218 Å². The molecular weight excluding hydrogens is 599 g/mol. The Morgan fingerprint density at radius 2 is 0.208 bits per heavy atom. The first-order valence-corrected chi connectivity index (χ1v) is 6.67. The first kappa shape index (κ1) is 34.0. The largest absolute Gasteiger partial charge is 0.358 e. The van der Waals surface area contributed by atoms with Crippen LogP contribution in [0.15, 0.2) is 0 Å². The summed E-state index contributed by atoms with van der Waals surface area (Å²) in [6, 6.07) is 0. The van der Waals surface area contributed by atoms with E-state index in [4.69, 9.17) is 0 Å². The molecule has 4 saturated carbocycles. The van der Waals surface area contributed by atoms with E-state index in [1.54, 1.807) is 0 Å². The van der Waals surface area contributed by atoms with E-state index in [9.17, 15) is 0 Å². The van der Waals surface area contributed by atoms with Gasteiger partial charge in [-0.25, -0.2) is 0 Å². The normalized spacial score (nSPS) is 20.0. The fourth-order valence-corrected chi connectivity index (χ4v) is 1.28. The minimum absolute atomic E-state index is 0. The minimum atomic E-state index is 0. The monoisotopic (exact) mass is 622 g/mol. The molecule has 140 valence electrons. The predicted octanol–water partition coefficient (Wildman–Crippen LogP) is 4.99. The van der Waals surface area contributed by atoms with Gasteiger partial charge in [-0.3, -0.25) is 0 Å². The van der Waals surface area contributed by atoms with E-state index < -0.39 is 0 Å². The molecule has 0 saturated heterocycles. The fourth-order valence-electron chi connectivity index (χ4n) is 1.28. The SMILES string of the molecule is [CH3-].[CH3-].[CH]1[CH][CH][CH][CH]1.[CH]1[CH][CH][CH][CH]1.[CH]1[CH][CH][CH][CH]1.[CH]1[CH][CH][CH][CH]1.[Er].[Er]. The summed E-state index contributed by atoms with van der Waals surface area (Å²) in [5.41, 5.74) is 0. The van der Waals surface area contributed by atoms with Gasteiger partial charge in [0.2, 0.25) is 0 Å². The van der Waals surface area contributed by atoms with Crippen molar-refractivity contribution in [1.29, 1.82) is 0 Å². The standard InChI is InChI=1S/4C5H5.2CH3.2Er/c4*1-2-4-5-3-1;;;;/h4*1-5H;2*1H3;;/q;;;;2*-1;;. The molecule has 24 heavy (non-hydrogen) atoms. The van der Waals surface area contributed by atoms with E-state index in [1.165, 1.54) is 0 Å². The van der Waals surface area contributed by atoms with Gasteiger partial charge < -0.3 is 14.9 Å². The molecule has 0 unspecified atom stereocenters. The van der Waals surface area contributed by atoms with E-state index >= 15 is 0 Å². The Labute approximate surface area is 215 Å². The van der Waals surface area contributed by atoms with Crippen molar-refractivity contribution in [3.8, 4) is 0 Å². The molecule has 0 spiro atoms. The van der Waals surface area contributed by atoms with Crippen LogP contribution in [0.5, 0.6) is 0 Å². The van der Waals surface area contributed by atoms with Crippen LogP contribution in [0.3, 0.4) is 0 Å². The molecule has 0 nitrogen and oxygen atoms in total. The van der Waals surface area contributed by atoms with Gasteiger partial charge in [-0.05, 0) is 128 Å². The third-order valence-electron chi connectivity index (χ3n) is 2.22. The summed E-state index contributed by atoms with van der Waals surface area (Å²) in [6.07, 6.45) is 40.0. The van der Waals surface area contributed by atoms with E-state index in [1.807, 2.05) is 128 Å². The zero-order chi connectivity index (χ0) is 14.1. The van der Waals surface area contributed by atoms with Crippen LogP contribution >= 0.6 is 0 Å². The maximum Gasteiger partial charge on any atom is 0 e. The fraction of sp³-hybridized carbons (Fsp3) is 0. The minimum Gasteiger partial charge on any atom is -0.358 e. The van der Waals surface area contributed by atoms with Crippen molar-refractivity contribution < 1.29 is 74.6 Å². The smallest absolute Gasteiger partial charge is 0 e. The number of hydrogen-bond acceptors (Lipinski definition) is 0. The summed E-state index contributed by atoms with van der Waals surface area (Å²) < 4.78 is 0. The average Bonchev–Trinajstić information content (AvgIpc) is 3.40. The van der Waals surface area contributed by atoms with Gasteiger partial charge in [-0.2, -0.15) is 0 Å². The molecular formula is C22H26Er2-2. The number of rotatable bonds is 0. The van der Waals surface area contributed by atoms with Crippen LogP contribution in [0.4, 0.5) is 0 Å². The molecule has 4 aliphatic carbocycles. The summed E-state index contributed by atoms with van der Waals surface area (Å²) in [5.74, 6) is 0.